The molecule has 5 rings (SSSR count). The highest BCUT2D eigenvalue weighted by Gasteiger charge is 2.29. The van der Waals surface area contributed by atoms with Crippen LogP contribution in [0.4, 0.5) is 5.69 Å². The molecule has 0 unspecified atom stereocenters. The number of benzene rings is 1. The van der Waals surface area contributed by atoms with Crippen LogP contribution in [-0.2, 0) is 6.42 Å². The number of fused-ring (bicyclic) bond motifs is 3. The highest BCUT2D eigenvalue weighted by molar-refractivity contribution is 6.12. The van der Waals surface area contributed by atoms with Crippen molar-refractivity contribution in [1.82, 2.24) is 24.5 Å². The van der Waals surface area contributed by atoms with Gasteiger partial charge in [-0.05, 0) is 43.4 Å². The number of nitrogens with zero attached hydrogens (tertiary/aromatic N) is 5. The van der Waals surface area contributed by atoms with E-state index in [1.807, 2.05) is 33.6 Å². The van der Waals surface area contributed by atoms with Gasteiger partial charge in [-0.3, -0.25) is 9.20 Å². The predicted molar refractivity (Wildman–Crippen MR) is 145 cm³/mol. The predicted octanol–water partition coefficient (Wildman–Crippen LogP) is 5.88. The fourth-order valence-corrected chi connectivity index (χ4v) is 5.43. The summed E-state index contributed by atoms with van der Waals surface area (Å²) in [5.74, 6) is 0.808. The summed E-state index contributed by atoms with van der Waals surface area (Å²) in [6, 6.07) is 14.6. The first kappa shape index (κ1) is 24.2. The molecule has 7 nitrogen and oxygen atoms in total. The van der Waals surface area contributed by atoms with Crippen molar-refractivity contribution in [2.75, 3.05) is 18.4 Å². The van der Waals surface area contributed by atoms with Crippen molar-refractivity contribution < 1.29 is 4.79 Å². The van der Waals surface area contributed by atoms with E-state index in [1.54, 1.807) is 6.20 Å². The van der Waals surface area contributed by atoms with E-state index in [1.165, 1.54) is 19.3 Å². The van der Waals surface area contributed by atoms with Crippen molar-refractivity contribution in [2.24, 2.45) is 0 Å². The molecular weight excluding hydrogens is 448 g/mol. The molecule has 0 spiro atoms. The lowest BCUT2D eigenvalue weighted by Gasteiger charge is -2.28. The number of aromatic nitrogens is 4. The smallest absolute Gasteiger partial charge is 0.259 e. The lowest BCUT2D eigenvalue weighted by Crippen LogP contribution is -2.34. The number of pyridine rings is 2. The third-order valence-electron chi connectivity index (χ3n) is 7.12. The normalized spacial score (nSPS) is 14.4. The van der Waals surface area contributed by atoms with Crippen LogP contribution in [0.3, 0.4) is 0 Å². The number of hydrogen-bond acceptors (Lipinski definition) is 5. The third-order valence-corrected chi connectivity index (χ3v) is 7.12. The quantitative estimate of drug-likeness (QED) is 0.321. The Labute approximate surface area is 212 Å². The molecule has 188 valence electrons. The van der Waals surface area contributed by atoms with Gasteiger partial charge in [0.25, 0.3) is 5.91 Å². The van der Waals surface area contributed by atoms with Crippen molar-refractivity contribution in [3.8, 4) is 0 Å². The maximum atomic E-state index is 14.2. The summed E-state index contributed by atoms with van der Waals surface area (Å²) < 4.78 is 2.00. The zero-order valence-corrected chi connectivity index (χ0v) is 21.4. The molecule has 0 saturated heterocycles. The first-order valence-corrected chi connectivity index (χ1v) is 13.5. The lowest BCUT2D eigenvalue weighted by molar-refractivity contribution is 0.0758. The largest absolute Gasteiger partial charge is 0.381 e. The van der Waals surface area contributed by atoms with Gasteiger partial charge < -0.3 is 10.2 Å². The first-order valence-electron chi connectivity index (χ1n) is 13.5. The summed E-state index contributed by atoms with van der Waals surface area (Å²) in [5.41, 5.74) is 4.00. The van der Waals surface area contributed by atoms with E-state index in [9.17, 15) is 4.79 Å². The molecule has 1 aliphatic carbocycles. The van der Waals surface area contributed by atoms with Gasteiger partial charge in [-0.1, -0.05) is 63.4 Å². The second kappa shape index (κ2) is 11.1. The number of nitrogens with one attached hydrogen (secondary N) is 1. The molecule has 3 heterocycles. The standard InChI is InChI=1S/C29H36N6O/c1-3-18-34(19-4-2)29(36)25-26(31-22-14-9-6-10-15-22)23-16-11-17-30-27(23)35-24(32-33-28(25)35)20-21-12-7-5-8-13-21/h5,7-8,11-13,16-17,22,31H,3-4,6,9-10,14-15,18-20H2,1-2H3. The van der Waals surface area contributed by atoms with Crippen molar-refractivity contribution in [3.05, 3.63) is 65.6 Å². The van der Waals surface area contributed by atoms with E-state index in [0.29, 0.717) is 23.7 Å². The van der Waals surface area contributed by atoms with E-state index in [0.717, 1.165) is 66.9 Å². The van der Waals surface area contributed by atoms with Crippen molar-refractivity contribution in [2.45, 2.75) is 71.3 Å². The molecule has 1 aliphatic rings. The molecule has 4 aromatic rings. The van der Waals surface area contributed by atoms with Crippen LogP contribution in [0.2, 0.25) is 0 Å². The van der Waals surface area contributed by atoms with Crippen LogP contribution in [0.1, 0.15) is 80.5 Å². The molecule has 1 aromatic carbocycles. The van der Waals surface area contributed by atoms with Crippen LogP contribution in [0.5, 0.6) is 0 Å². The summed E-state index contributed by atoms with van der Waals surface area (Å²) in [7, 11) is 0. The highest BCUT2D eigenvalue weighted by Crippen LogP contribution is 2.34. The highest BCUT2D eigenvalue weighted by atomic mass is 16.2. The van der Waals surface area contributed by atoms with Gasteiger partial charge in [0.05, 0.1) is 5.69 Å². The Morgan fingerprint density at radius 3 is 2.44 bits per heavy atom. The van der Waals surface area contributed by atoms with Crippen LogP contribution in [-0.4, -0.2) is 49.5 Å². The number of anilines is 1. The summed E-state index contributed by atoms with van der Waals surface area (Å²) in [4.78, 5) is 20.9. The molecule has 0 radical (unpaired) electrons. The summed E-state index contributed by atoms with van der Waals surface area (Å²) in [5, 5.41) is 14.0. The van der Waals surface area contributed by atoms with Crippen LogP contribution in [0, 0.1) is 0 Å². The summed E-state index contributed by atoms with van der Waals surface area (Å²) >= 11 is 0. The second-order valence-corrected chi connectivity index (χ2v) is 9.83. The van der Waals surface area contributed by atoms with E-state index >= 15 is 0 Å². The molecule has 1 fully saturated rings. The Morgan fingerprint density at radius 2 is 1.72 bits per heavy atom. The molecule has 1 saturated carbocycles. The van der Waals surface area contributed by atoms with E-state index in [4.69, 9.17) is 4.98 Å². The zero-order chi connectivity index (χ0) is 24.9. The maximum Gasteiger partial charge on any atom is 0.259 e. The first-order chi connectivity index (χ1) is 17.7. The van der Waals surface area contributed by atoms with E-state index in [-0.39, 0.29) is 5.91 Å². The molecule has 36 heavy (non-hydrogen) atoms. The van der Waals surface area contributed by atoms with Crippen molar-refractivity contribution >= 4 is 28.3 Å². The fraction of sp³-hybridized carbons (Fsp3) is 0.448. The van der Waals surface area contributed by atoms with Gasteiger partial charge >= 0.3 is 0 Å². The van der Waals surface area contributed by atoms with Gasteiger partial charge in [-0.25, -0.2) is 4.98 Å². The number of carbonyl (C=O) groups is 1. The minimum atomic E-state index is 0.0198. The number of hydrogen-bond donors (Lipinski definition) is 1. The maximum absolute atomic E-state index is 14.2. The Balaban J connectivity index is 1.73. The average Bonchev–Trinajstić information content (AvgIpc) is 3.33. The van der Waals surface area contributed by atoms with Crippen LogP contribution >= 0.6 is 0 Å². The molecule has 3 aromatic heterocycles. The fourth-order valence-electron chi connectivity index (χ4n) is 5.43. The third kappa shape index (κ3) is 4.79. The molecule has 0 bridgehead atoms. The Kier molecular flexibility index (Phi) is 7.44. The lowest BCUT2D eigenvalue weighted by atomic mass is 9.94. The second-order valence-electron chi connectivity index (χ2n) is 9.83. The van der Waals surface area contributed by atoms with Crippen molar-refractivity contribution in [1.29, 1.82) is 0 Å². The molecule has 1 N–H and O–H groups in total. The molecule has 7 heteroatoms. The van der Waals surface area contributed by atoms with Gasteiger partial charge in [-0.15, -0.1) is 10.2 Å². The monoisotopic (exact) mass is 484 g/mol. The number of carbonyl (C=O) groups excluding carboxylic acids is 1. The molecule has 0 atom stereocenters. The SMILES string of the molecule is CCCN(CCC)C(=O)c1c(NC2CCCCC2)c2cccnc2n2c(Cc3ccccc3)nnc12. The zero-order valence-electron chi connectivity index (χ0n) is 21.4. The van der Waals surface area contributed by atoms with Crippen LogP contribution < -0.4 is 5.32 Å². The summed E-state index contributed by atoms with van der Waals surface area (Å²) in [6.45, 7) is 5.67. The Bertz CT molecular complexity index is 1320. The van der Waals surface area contributed by atoms with Gasteiger partial charge in [0.15, 0.2) is 5.65 Å². The molecule has 1 amide bonds. The minimum absolute atomic E-state index is 0.0198. The number of rotatable bonds is 9. The topological polar surface area (TPSA) is 75.4 Å². The van der Waals surface area contributed by atoms with Gasteiger partial charge in [0.2, 0.25) is 0 Å². The molecule has 0 aliphatic heterocycles. The Morgan fingerprint density at radius 1 is 0.972 bits per heavy atom. The van der Waals surface area contributed by atoms with Crippen LogP contribution in [0.15, 0.2) is 48.7 Å². The van der Waals surface area contributed by atoms with Crippen LogP contribution in [0.25, 0.3) is 16.7 Å². The van der Waals surface area contributed by atoms with E-state index < -0.39 is 0 Å². The van der Waals surface area contributed by atoms with Gasteiger partial charge in [0.1, 0.15) is 17.0 Å². The van der Waals surface area contributed by atoms with Gasteiger partial charge in [-0.2, -0.15) is 0 Å². The van der Waals surface area contributed by atoms with Gasteiger partial charge in [0, 0.05) is 37.1 Å². The van der Waals surface area contributed by atoms with Crippen molar-refractivity contribution in [3.63, 3.8) is 0 Å². The number of amides is 1. The van der Waals surface area contributed by atoms with E-state index in [2.05, 4.69) is 47.6 Å². The minimum Gasteiger partial charge on any atom is -0.381 e. The Hall–Kier alpha value is -3.48. The molecular formula is C29H36N6O. The average molecular weight is 485 g/mol. The summed E-state index contributed by atoms with van der Waals surface area (Å²) in [6.07, 6.45) is 10.2.